The molecule has 21 heavy (non-hydrogen) atoms. The van der Waals surface area contributed by atoms with Crippen molar-refractivity contribution < 1.29 is 19.5 Å². The van der Waals surface area contributed by atoms with Crippen LogP contribution in [0.5, 0.6) is 0 Å². The van der Waals surface area contributed by atoms with E-state index in [1.54, 1.807) is 18.2 Å². The maximum Gasteiger partial charge on any atom is 0.307 e. The number of nitrogens with two attached hydrogens (primary N) is 1. The van der Waals surface area contributed by atoms with Crippen LogP contribution in [0.3, 0.4) is 0 Å². The molecule has 2 rings (SSSR count). The summed E-state index contributed by atoms with van der Waals surface area (Å²) in [5.74, 6) is -3.19. The summed E-state index contributed by atoms with van der Waals surface area (Å²) in [6, 6.07) is 6.43. The predicted molar refractivity (Wildman–Crippen MR) is 76.7 cm³/mol. The van der Waals surface area contributed by atoms with Gasteiger partial charge in [0.15, 0.2) is 0 Å². The van der Waals surface area contributed by atoms with Crippen molar-refractivity contribution in [2.45, 2.75) is 25.7 Å². The second-order valence-corrected chi connectivity index (χ2v) is 5.23. The molecule has 1 saturated carbocycles. The average Bonchev–Trinajstić information content (AvgIpc) is 2.47. The molecule has 6 nitrogen and oxygen atoms in total. The van der Waals surface area contributed by atoms with Crippen molar-refractivity contribution in [3.63, 3.8) is 0 Å². The largest absolute Gasteiger partial charge is 0.481 e. The van der Waals surface area contributed by atoms with Crippen LogP contribution < -0.4 is 11.1 Å². The number of para-hydroxylation sites is 1. The van der Waals surface area contributed by atoms with Crippen LogP contribution in [0.4, 0.5) is 5.69 Å². The summed E-state index contributed by atoms with van der Waals surface area (Å²) in [7, 11) is 0. The van der Waals surface area contributed by atoms with Gasteiger partial charge < -0.3 is 16.2 Å². The van der Waals surface area contributed by atoms with Crippen molar-refractivity contribution in [3.05, 3.63) is 29.8 Å². The van der Waals surface area contributed by atoms with Crippen LogP contribution in [0.15, 0.2) is 24.3 Å². The molecule has 0 saturated heterocycles. The molecule has 0 unspecified atom stereocenters. The van der Waals surface area contributed by atoms with Crippen molar-refractivity contribution in [1.82, 2.24) is 0 Å². The Labute approximate surface area is 122 Å². The van der Waals surface area contributed by atoms with Crippen LogP contribution in [0.1, 0.15) is 36.0 Å². The molecule has 0 radical (unpaired) electrons. The molecule has 4 N–H and O–H groups in total. The number of nitrogens with one attached hydrogen (secondary N) is 1. The fourth-order valence-corrected chi connectivity index (χ4v) is 2.77. The summed E-state index contributed by atoms with van der Waals surface area (Å²) in [5, 5.41) is 11.9. The van der Waals surface area contributed by atoms with Crippen LogP contribution >= 0.6 is 0 Å². The number of carboxylic acid groups (broad SMARTS) is 1. The molecule has 2 atom stereocenters. The summed E-state index contributed by atoms with van der Waals surface area (Å²) in [6.45, 7) is 0. The van der Waals surface area contributed by atoms with Gasteiger partial charge in [0.05, 0.1) is 23.1 Å². The number of carbonyl (C=O) groups is 3. The van der Waals surface area contributed by atoms with E-state index in [-0.39, 0.29) is 11.5 Å². The number of hydrogen-bond acceptors (Lipinski definition) is 3. The van der Waals surface area contributed by atoms with E-state index in [1.807, 2.05) is 0 Å². The van der Waals surface area contributed by atoms with E-state index < -0.39 is 23.7 Å². The summed E-state index contributed by atoms with van der Waals surface area (Å²) < 4.78 is 0. The number of benzene rings is 1. The van der Waals surface area contributed by atoms with Crippen molar-refractivity contribution in [1.29, 1.82) is 0 Å². The van der Waals surface area contributed by atoms with Gasteiger partial charge in [0.1, 0.15) is 0 Å². The first-order chi connectivity index (χ1) is 10.0. The lowest BCUT2D eigenvalue weighted by molar-refractivity contribution is -0.147. The number of aliphatic carboxylic acids is 1. The highest BCUT2D eigenvalue weighted by molar-refractivity contribution is 6.04. The van der Waals surface area contributed by atoms with E-state index >= 15 is 0 Å². The Bertz CT molecular complexity index is 571. The molecule has 0 bridgehead atoms. The second kappa shape index (κ2) is 6.39. The third-order valence-electron chi connectivity index (χ3n) is 3.87. The Morgan fingerprint density at radius 2 is 1.71 bits per heavy atom. The molecular weight excluding hydrogens is 272 g/mol. The van der Waals surface area contributed by atoms with Crippen LogP contribution in [0, 0.1) is 11.8 Å². The van der Waals surface area contributed by atoms with Crippen molar-refractivity contribution in [3.8, 4) is 0 Å². The van der Waals surface area contributed by atoms with Gasteiger partial charge in [0.25, 0.3) is 5.91 Å². The SMILES string of the molecule is NC(=O)c1ccccc1NC(=O)[C@@H]1CCCC[C@@H]1C(=O)O. The maximum atomic E-state index is 12.3. The van der Waals surface area contributed by atoms with Crippen molar-refractivity contribution >= 4 is 23.5 Å². The number of anilines is 1. The van der Waals surface area contributed by atoms with Crippen LogP contribution in [0.25, 0.3) is 0 Å². The lowest BCUT2D eigenvalue weighted by Crippen LogP contribution is -2.36. The minimum Gasteiger partial charge on any atom is -0.481 e. The highest BCUT2D eigenvalue weighted by Gasteiger charge is 2.35. The Hall–Kier alpha value is -2.37. The Morgan fingerprint density at radius 1 is 1.10 bits per heavy atom. The predicted octanol–water partition coefficient (Wildman–Crippen LogP) is 1.61. The highest BCUT2D eigenvalue weighted by atomic mass is 16.4. The first-order valence-electron chi connectivity index (χ1n) is 6.93. The second-order valence-electron chi connectivity index (χ2n) is 5.23. The molecule has 0 aliphatic heterocycles. The van der Waals surface area contributed by atoms with Gasteiger partial charge in [0, 0.05) is 0 Å². The topological polar surface area (TPSA) is 109 Å². The monoisotopic (exact) mass is 290 g/mol. The molecule has 1 aromatic rings. The van der Waals surface area contributed by atoms with E-state index in [0.717, 1.165) is 12.8 Å². The van der Waals surface area contributed by atoms with Crippen LogP contribution in [0.2, 0.25) is 0 Å². The quantitative estimate of drug-likeness (QED) is 0.782. The van der Waals surface area contributed by atoms with Gasteiger partial charge in [0.2, 0.25) is 5.91 Å². The van der Waals surface area contributed by atoms with Gasteiger partial charge in [-0.1, -0.05) is 25.0 Å². The van der Waals surface area contributed by atoms with Crippen molar-refractivity contribution in [2.24, 2.45) is 17.6 Å². The fraction of sp³-hybridized carbons (Fsp3) is 0.400. The minimum atomic E-state index is -0.946. The Balaban J connectivity index is 2.17. The molecule has 1 aliphatic carbocycles. The zero-order chi connectivity index (χ0) is 15.4. The molecule has 0 heterocycles. The summed E-state index contributed by atoms with van der Waals surface area (Å²) >= 11 is 0. The lowest BCUT2D eigenvalue weighted by Gasteiger charge is -2.27. The average molecular weight is 290 g/mol. The molecule has 2 amide bonds. The van der Waals surface area contributed by atoms with Gasteiger partial charge in [-0.05, 0) is 25.0 Å². The van der Waals surface area contributed by atoms with E-state index in [2.05, 4.69) is 5.32 Å². The summed E-state index contributed by atoms with van der Waals surface area (Å²) in [4.78, 5) is 34.9. The van der Waals surface area contributed by atoms with Gasteiger partial charge >= 0.3 is 5.97 Å². The minimum absolute atomic E-state index is 0.216. The zero-order valence-corrected chi connectivity index (χ0v) is 11.5. The number of primary amides is 1. The molecule has 0 spiro atoms. The number of rotatable bonds is 4. The first kappa shape index (κ1) is 15.0. The third kappa shape index (κ3) is 3.39. The normalized spacial score (nSPS) is 21.5. The summed E-state index contributed by atoms with van der Waals surface area (Å²) in [6.07, 6.45) is 2.70. The molecule has 1 aromatic carbocycles. The number of carbonyl (C=O) groups excluding carboxylic acids is 2. The zero-order valence-electron chi connectivity index (χ0n) is 11.5. The van der Waals surface area contributed by atoms with Crippen LogP contribution in [-0.4, -0.2) is 22.9 Å². The van der Waals surface area contributed by atoms with E-state index in [4.69, 9.17) is 5.73 Å². The van der Waals surface area contributed by atoms with Gasteiger partial charge in [-0.3, -0.25) is 14.4 Å². The molecule has 0 aromatic heterocycles. The standard InChI is InChI=1S/C15H18N2O4/c16-13(18)11-7-3-4-8-12(11)17-14(19)9-5-1-2-6-10(9)15(20)21/h3-4,7-10H,1-2,5-6H2,(H2,16,18)(H,17,19)(H,20,21)/t9-,10+/m1/s1. The Kier molecular flexibility index (Phi) is 4.57. The summed E-state index contributed by atoms with van der Waals surface area (Å²) in [5.41, 5.74) is 5.80. The first-order valence-corrected chi connectivity index (χ1v) is 6.93. The number of amides is 2. The van der Waals surface area contributed by atoms with Crippen LogP contribution in [-0.2, 0) is 9.59 Å². The Morgan fingerprint density at radius 3 is 2.33 bits per heavy atom. The van der Waals surface area contributed by atoms with E-state index in [9.17, 15) is 19.5 Å². The van der Waals surface area contributed by atoms with Gasteiger partial charge in [-0.2, -0.15) is 0 Å². The van der Waals surface area contributed by atoms with E-state index in [1.165, 1.54) is 6.07 Å². The molecule has 6 heteroatoms. The molecule has 1 fully saturated rings. The van der Waals surface area contributed by atoms with Gasteiger partial charge in [-0.15, -0.1) is 0 Å². The lowest BCUT2D eigenvalue weighted by atomic mass is 9.78. The maximum absolute atomic E-state index is 12.3. The molecule has 112 valence electrons. The smallest absolute Gasteiger partial charge is 0.307 e. The third-order valence-corrected chi connectivity index (χ3v) is 3.87. The fourth-order valence-electron chi connectivity index (χ4n) is 2.77. The van der Waals surface area contributed by atoms with Gasteiger partial charge in [-0.25, -0.2) is 0 Å². The van der Waals surface area contributed by atoms with Crippen molar-refractivity contribution in [2.75, 3.05) is 5.32 Å². The number of carboxylic acids is 1. The highest BCUT2D eigenvalue weighted by Crippen LogP contribution is 2.31. The van der Waals surface area contributed by atoms with E-state index in [0.29, 0.717) is 18.5 Å². The number of hydrogen-bond donors (Lipinski definition) is 3. The molecular formula is C15H18N2O4. The molecule has 1 aliphatic rings.